The Morgan fingerprint density at radius 1 is 1.47 bits per heavy atom. The van der Waals surface area contributed by atoms with E-state index in [9.17, 15) is 5.11 Å². The van der Waals surface area contributed by atoms with Crippen LogP contribution in [-0.2, 0) is 6.42 Å². The zero-order chi connectivity index (χ0) is 12.3. The number of aliphatic hydroxyl groups is 1. The average Bonchev–Trinajstić information content (AvgIpc) is 2.32. The number of hydrogen-bond acceptors (Lipinski definition) is 3. The van der Waals surface area contributed by atoms with Gasteiger partial charge in [-0.1, -0.05) is 24.3 Å². The second-order valence-corrected chi connectivity index (χ2v) is 5.97. The first-order chi connectivity index (χ1) is 8.18. The maximum atomic E-state index is 10.4. The molecular formula is C14H21NOS. The van der Waals surface area contributed by atoms with Crippen LogP contribution in [0.25, 0.3) is 0 Å². The smallest absolute Gasteiger partial charge is 0.0743 e. The fourth-order valence-electron chi connectivity index (χ4n) is 2.31. The molecule has 1 aromatic rings. The molecular weight excluding hydrogens is 230 g/mol. The molecule has 1 aliphatic rings. The highest BCUT2D eigenvalue weighted by molar-refractivity contribution is 7.99. The monoisotopic (exact) mass is 251 g/mol. The van der Waals surface area contributed by atoms with E-state index in [1.807, 2.05) is 23.9 Å². The summed E-state index contributed by atoms with van der Waals surface area (Å²) in [5.41, 5.74) is 2.54. The minimum absolute atomic E-state index is 0.256. The van der Waals surface area contributed by atoms with Gasteiger partial charge in [0.25, 0.3) is 0 Å². The Morgan fingerprint density at radius 2 is 2.24 bits per heavy atom. The molecule has 2 unspecified atom stereocenters. The van der Waals surface area contributed by atoms with Gasteiger partial charge in [0.1, 0.15) is 0 Å². The molecule has 0 saturated carbocycles. The lowest BCUT2D eigenvalue weighted by molar-refractivity contribution is 0.0762. The topological polar surface area (TPSA) is 23.5 Å². The Morgan fingerprint density at radius 3 is 2.94 bits per heavy atom. The van der Waals surface area contributed by atoms with Gasteiger partial charge in [0.2, 0.25) is 0 Å². The van der Waals surface area contributed by atoms with Gasteiger partial charge in [0, 0.05) is 30.5 Å². The lowest BCUT2D eigenvalue weighted by atomic mass is 9.98. The Labute approximate surface area is 108 Å². The molecule has 2 rings (SSSR count). The first-order valence-corrected chi connectivity index (χ1v) is 7.34. The number of likely N-dealkylation sites (N-methyl/N-ethyl adjacent to an activating group) is 1. The molecule has 0 aliphatic carbocycles. The fraction of sp³-hybridized carbons (Fsp3) is 0.571. The normalized spacial score (nSPS) is 23.6. The van der Waals surface area contributed by atoms with E-state index in [0.29, 0.717) is 6.04 Å². The van der Waals surface area contributed by atoms with E-state index < -0.39 is 0 Å². The van der Waals surface area contributed by atoms with E-state index in [0.717, 1.165) is 18.7 Å². The molecule has 2 nitrogen and oxygen atoms in total. The minimum Gasteiger partial charge on any atom is -0.391 e. The van der Waals surface area contributed by atoms with Gasteiger partial charge in [-0.25, -0.2) is 0 Å². The molecule has 0 radical (unpaired) electrons. The van der Waals surface area contributed by atoms with Gasteiger partial charge in [-0.05, 0) is 25.1 Å². The van der Waals surface area contributed by atoms with Gasteiger partial charge in [-0.3, -0.25) is 4.90 Å². The SMILES string of the molecule is Cc1ccccc1CC(O)C1CSCCN1C. The third-order valence-corrected chi connectivity index (χ3v) is 4.63. The van der Waals surface area contributed by atoms with E-state index in [2.05, 4.69) is 31.0 Å². The molecule has 0 aromatic heterocycles. The Balaban J connectivity index is 2.01. The second-order valence-electron chi connectivity index (χ2n) is 4.82. The number of aliphatic hydroxyl groups excluding tert-OH is 1. The molecule has 94 valence electrons. The highest BCUT2D eigenvalue weighted by Crippen LogP contribution is 2.20. The Hall–Kier alpha value is -0.510. The number of nitrogens with zero attached hydrogens (tertiary/aromatic N) is 1. The first-order valence-electron chi connectivity index (χ1n) is 6.19. The van der Waals surface area contributed by atoms with Crippen LogP contribution >= 0.6 is 11.8 Å². The van der Waals surface area contributed by atoms with Crippen molar-refractivity contribution < 1.29 is 5.11 Å². The van der Waals surface area contributed by atoms with Crippen molar-refractivity contribution in [1.29, 1.82) is 0 Å². The van der Waals surface area contributed by atoms with Gasteiger partial charge in [0.05, 0.1) is 6.10 Å². The number of hydrogen-bond donors (Lipinski definition) is 1. The van der Waals surface area contributed by atoms with Crippen LogP contribution in [0.4, 0.5) is 0 Å². The number of thioether (sulfide) groups is 1. The summed E-state index contributed by atoms with van der Waals surface area (Å²) >= 11 is 1.95. The van der Waals surface area contributed by atoms with Crippen molar-refractivity contribution in [3.8, 4) is 0 Å². The third kappa shape index (κ3) is 3.24. The predicted octanol–water partition coefficient (Wildman–Crippen LogP) is 1.95. The van der Waals surface area contributed by atoms with E-state index >= 15 is 0 Å². The fourth-order valence-corrected chi connectivity index (χ4v) is 3.61. The number of rotatable bonds is 3. The predicted molar refractivity (Wildman–Crippen MR) is 74.6 cm³/mol. The van der Waals surface area contributed by atoms with Crippen LogP contribution in [0.3, 0.4) is 0 Å². The van der Waals surface area contributed by atoms with Crippen LogP contribution in [0.1, 0.15) is 11.1 Å². The summed E-state index contributed by atoms with van der Waals surface area (Å²) in [6.45, 7) is 3.20. The van der Waals surface area contributed by atoms with Gasteiger partial charge < -0.3 is 5.11 Å². The largest absolute Gasteiger partial charge is 0.391 e. The molecule has 0 amide bonds. The van der Waals surface area contributed by atoms with Crippen molar-refractivity contribution in [2.75, 3.05) is 25.1 Å². The average molecular weight is 251 g/mol. The van der Waals surface area contributed by atoms with Crippen LogP contribution in [-0.4, -0.2) is 47.3 Å². The molecule has 1 heterocycles. The summed E-state index contributed by atoms with van der Waals surface area (Å²) in [4.78, 5) is 2.29. The van der Waals surface area contributed by atoms with Gasteiger partial charge >= 0.3 is 0 Å². The molecule has 1 aliphatic heterocycles. The van der Waals surface area contributed by atoms with Gasteiger partial charge in [-0.15, -0.1) is 0 Å². The minimum atomic E-state index is -0.256. The third-order valence-electron chi connectivity index (χ3n) is 3.58. The highest BCUT2D eigenvalue weighted by Gasteiger charge is 2.26. The maximum absolute atomic E-state index is 10.4. The summed E-state index contributed by atoms with van der Waals surface area (Å²) < 4.78 is 0. The van der Waals surface area contributed by atoms with Crippen LogP contribution in [0.15, 0.2) is 24.3 Å². The summed E-state index contributed by atoms with van der Waals surface area (Å²) in [6, 6.07) is 8.63. The zero-order valence-electron chi connectivity index (χ0n) is 10.6. The van der Waals surface area contributed by atoms with Gasteiger partial charge in [-0.2, -0.15) is 11.8 Å². The molecule has 0 spiro atoms. The maximum Gasteiger partial charge on any atom is 0.0743 e. The lowest BCUT2D eigenvalue weighted by Gasteiger charge is -2.35. The molecule has 3 heteroatoms. The standard InChI is InChI=1S/C14H21NOS/c1-11-5-3-4-6-12(11)9-14(16)13-10-17-8-7-15(13)2/h3-6,13-14,16H,7-10H2,1-2H3. The lowest BCUT2D eigenvalue weighted by Crippen LogP contribution is -2.47. The zero-order valence-corrected chi connectivity index (χ0v) is 11.4. The second kappa shape index (κ2) is 5.89. The number of benzene rings is 1. The van der Waals surface area contributed by atoms with Crippen LogP contribution in [0.2, 0.25) is 0 Å². The van der Waals surface area contributed by atoms with Crippen LogP contribution < -0.4 is 0 Å². The summed E-state index contributed by atoms with van der Waals surface area (Å²) in [5, 5.41) is 10.4. The van der Waals surface area contributed by atoms with E-state index in [-0.39, 0.29) is 6.10 Å². The first kappa shape index (κ1) is 12.9. The van der Waals surface area contributed by atoms with Crippen molar-refractivity contribution in [2.24, 2.45) is 0 Å². The van der Waals surface area contributed by atoms with E-state index in [1.165, 1.54) is 16.9 Å². The summed E-state index contributed by atoms with van der Waals surface area (Å²) in [6.07, 6.45) is 0.510. The van der Waals surface area contributed by atoms with Crippen molar-refractivity contribution >= 4 is 11.8 Å². The molecule has 17 heavy (non-hydrogen) atoms. The Bertz CT molecular complexity index is 369. The summed E-state index contributed by atoms with van der Waals surface area (Å²) in [5.74, 6) is 2.23. The molecule has 1 fully saturated rings. The van der Waals surface area contributed by atoms with E-state index in [4.69, 9.17) is 0 Å². The molecule has 1 aromatic carbocycles. The van der Waals surface area contributed by atoms with Gasteiger partial charge in [0.15, 0.2) is 0 Å². The molecule has 1 N–H and O–H groups in total. The van der Waals surface area contributed by atoms with Crippen molar-refractivity contribution in [1.82, 2.24) is 4.90 Å². The van der Waals surface area contributed by atoms with Crippen LogP contribution in [0, 0.1) is 6.92 Å². The Kier molecular flexibility index (Phi) is 4.48. The number of aryl methyl sites for hydroxylation is 1. The van der Waals surface area contributed by atoms with Crippen LogP contribution in [0.5, 0.6) is 0 Å². The van der Waals surface area contributed by atoms with Crippen molar-refractivity contribution in [3.05, 3.63) is 35.4 Å². The molecule has 0 bridgehead atoms. The van der Waals surface area contributed by atoms with E-state index in [1.54, 1.807) is 0 Å². The highest BCUT2D eigenvalue weighted by atomic mass is 32.2. The van der Waals surface area contributed by atoms with Crippen molar-refractivity contribution in [3.63, 3.8) is 0 Å². The molecule has 1 saturated heterocycles. The molecule has 2 atom stereocenters. The van der Waals surface area contributed by atoms with Crippen molar-refractivity contribution in [2.45, 2.75) is 25.5 Å². The summed E-state index contributed by atoms with van der Waals surface area (Å²) in [7, 11) is 2.12. The quantitative estimate of drug-likeness (QED) is 0.888.